The number of aldehydes is 1. The highest BCUT2D eigenvalue weighted by atomic mass is 16.1. The molecule has 3 nitrogen and oxygen atoms in total. The molecule has 0 unspecified atom stereocenters. The van der Waals surface area contributed by atoms with Gasteiger partial charge < -0.3 is 0 Å². The number of carbonyl (C=O) groups excluding carboxylic acids is 2. The first-order valence-corrected chi connectivity index (χ1v) is 4.67. The van der Waals surface area contributed by atoms with Crippen molar-refractivity contribution in [1.29, 1.82) is 5.26 Å². The van der Waals surface area contributed by atoms with Gasteiger partial charge in [0.05, 0.1) is 11.6 Å². The van der Waals surface area contributed by atoms with Crippen molar-refractivity contribution >= 4 is 12.1 Å². The average Bonchev–Trinajstić information content (AvgIpc) is 2.26. The molecule has 1 aromatic carbocycles. The van der Waals surface area contributed by atoms with Crippen molar-refractivity contribution in [3.05, 3.63) is 34.4 Å². The van der Waals surface area contributed by atoms with E-state index in [0.717, 1.165) is 5.56 Å². The van der Waals surface area contributed by atoms with E-state index in [-0.39, 0.29) is 5.78 Å². The molecule has 0 bridgehead atoms. The second-order valence-electron chi connectivity index (χ2n) is 3.24. The molecule has 0 radical (unpaired) electrons. The number of benzene rings is 1. The fourth-order valence-electron chi connectivity index (χ4n) is 1.46. The number of aryl methyl sites for hydroxylation is 1. The minimum atomic E-state index is -0.197. The highest BCUT2D eigenvalue weighted by molar-refractivity contribution is 5.98. The topological polar surface area (TPSA) is 57.9 Å². The highest BCUT2D eigenvalue weighted by Gasteiger charge is 2.11. The lowest BCUT2D eigenvalue weighted by Crippen LogP contribution is -2.02. The third kappa shape index (κ3) is 2.10. The zero-order valence-electron chi connectivity index (χ0n) is 8.70. The maximum Gasteiger partial charge on any atom is 0.161 e. The van der Waals surface area contributed by atoms with Crippen molar-refractivity contribution in [2.24, 2.45) is 0 Å². The Kier molecular flexibility index (Phi) is 3.35. The molecule has 3 heteroatoms. The van der Waals surface area contributed by atoms with Crippen molar-refractivity contribution in [1.82, 2.24) is 0 Å². The Morgan fingerprint density at radius 1 is 1.53 bits per heavy atom. The largest absolute Gasteiger partial charge is 0.298 e. The summed E-state index contributed by atoms with van der Waals surface area (Å²) in [6, 6.07) is 5.07. The van der Waals surface area contributed by atoms with Gasteiger partial charge >= 0.3 is 0 Å². The van der Waals surface area contributed by atoms with Crippen LogP contribution in [0.5, 0.6) is 0 Å². The van der Waals surface area contributed by atoms with Gasteiger partial charge in [0.15, 0.2) is 5.78 Å². The molecule has 0 atom stereocenters. The number of nitrogens with zero attached hydrogens (tertiary/aromatic N) is 1. The van der Waals surface area contributed by atoms with Gasteiger partial charge in [0, 0.05) is 11.1 Å². The first kappa shape index (κ1) is 11.1. The Hall–Kier alpha value is -1.95. The Bertz CT molecular complexity index is 455. The van der Waals surface area contributed by atoms with Crippen LogP contribution in [-0.2, 0) is 6.42 Å². The van der Waals surface area contributed by atoms with E-state index in [2.05, 4.69) is 0 Å². The van der Waals surface area contributed by atoms with E-state index in [1.165, 1.54) is 13.0 Å². The number of rotatable bonds is 3. The lowest BCUT2D eigenvalue weighted by Gasteiger charge is -2.05. The molecule has 0 N–H and O–H groups in total. The van der Waals surface area contributed by atoms with Gasteiger partial charge in [0.1, 0.15) is 6.29 Å². The van der Waals surface area contributed by atoms with Gasteiger partial charge in [-0.25, -0.2) is 0 Å². The van der Waals surface area contributed by atoms with Crippen LogP contribution in [0.15, 0.2) is 12.1 Å². The normalized spacial score (nSPS) is 9.40. The molecular weight excluding hydrogens is 190 g/mol. The summed E-state index contributed by atoms with van der Waals surface area (Å²) < 4.78 is 0. The van der Waals surface area contributed by atoms with Crippen LogP contribution in [0.25, 0.3) is 0 Å². The average molecular weight is 201 g/mol. The number of carbonyl (C=O) groups is 2. The fraction of sp³-hybridized carbons (Fsp3) is 0.250. The van der Waals surface area contributed by atoms with Crippen LogP contribution >= 0.6 is 0 Å². The molecule has 0 aliphatic carbocycles. The van der Waals surface area contributed by atoms with Gasteiger partial charge in [0.25, 0.3) is 0 Å². The van der Waals surface area contributed by atoms with Gasteiger partial charge in [-0.1, -0.05) is 6.92 Å². The number of hydrogen-bond donors (Lipinski definition) is 0. The van der Waals surface area contributed by atoms with Crippen molar-refractivity contribution in [3.63, 3.8) is 0 Å². The molecule has 0 fully saturated rings. The second-order valence-corrected chi connectivity index (χ2v) is 3.24. The molecule has 0 saturated carbocycles. The smallest absolute Gasteiger partial charge is 0.161 e. The summed E-state index contributed by atoms with van der Waals surface area (Å²) in [5.74, 6) is -0.197. The zero-order valence-corrected chi connectivity index (χ0v) is 8.70. The number of Topliss-reactive ketones (excluding diaryl/α,β-unsaturated/α-hetero) is 1. The Balaban J connectivity index is 3.49. The molecule has 76 valence electrons. The van der Waals surface area contributed by atoms with Crippen molar-refractivity contribution in [3.8, 4) is 6.07 Å². The monoisotopic (exact) mass is 201 g/mol. The predicted octanol–water partition coefficient (Wildman–Crippen LogP) is 2.14. The van der Waals surface area contributed by atoms with Crippen molar-refractivity contribution < 1.29 is 9.59 Å². The van der Waals surface area contributed by atoms with Gasteiger partial charge in [0.2, 0.25) is 0 Å². The summed E-state index contributed by atoms with van der Waals surface area (Å²) in [6.45, 7) is 3.29. The number of nitriles is 1. The molecule has 0 amide bonds. The minimum absolute atomic E-state index is 0.197. The predicted molar refractivity (Wildman–Crippen MR) is 55.9 cm³/mol. The summed E-state index contributed by atoms with van der Waals surface area (Å²) in [5.41, 5.74) is 1.94. The van der Waals surface area contributed by atoms with Crippen LogP contribution in [0, 0.1) is 11.3 Å². The van der Waals surface area contributed by atoms with Crippen molar-refractivity contribution in [2.75, 3.05) is 0 Å². The molecule has 0 heterocycles. The Labute approximate surface area is 88.3 Å². The van der Waals surface area contributed by atoms with Crippen LogP contribution in [0.1, 0.15) is 45.7 Å². The van der Waals surface area contributed by atoms with Crippen LogP contribution < -0.4 is 0 Å². The molecule has 0 aliphatic rings. The zero-order chi connectivity index (χ0) is 11.4. The summed E-state index contributed by atoms with van der Waals surface area (Å²) in [5, 5.41) is 8.86. The van der Waals surface area contributed by atoms with Gasteiger partial charge in [-0.05, 0) is 31.0 Å². The van der Waals surface area contributed by atoms with E-state index in [4.69, 9.17) is 5.26 Å². The molecule has 1 aromatic rings. The summed E-state index contributed by atoms with van der Waals surface area (Å²) in [6.07, 6.45) is 1.38. The van der Waals surface area contributed by atoms with E-state index < -0.39 is 0 Å². The maximum absolute atomic E-state index is 11.2. The molecular formula is C12H11NO2. The highest BCUT2D eigenvalue weighted by Crippen LogP contribution is 2.16. The van der Waals surface area contributed by atoms with Gasteiger partial charge in [-0.2, -0.15) is 5.26 Å². The first-order chi connectivity index (χ1) is 7.13. The second kappa shape index (κ2) is 4.52. The number of hydrogen-bond acceptors (Lipinski definition) is 3. The third-order valence-electron chi connectivity index (χ3n) is 2.29. The number of ketones is 1. The summed E-state index contributed by atoms with van der Waals surface area (Å²) in [4.78, 5) is 22.0. The lowest BCUT2D eigenvalue weighted by molar-refractivity contribution is 0.101. The van der Waals surface area contributed by atoms with Crippen molar-refractivity contribution in [2.45, 2.75) is 20.3 Å². The molecule has 15 heavy (non-hydrogen) atoms. The quantitative estimate of drug-likeness (QED) is 0.556. The van der Waals surface area contributed by atoms with Crippen LogP contribution in [0.3, 0.4) is 0 Å². The first-order valence-electron chi connectivity index (χ1n) is 4.67. The maximum atomic E-state index is 11.2. The van der Waals surface area contributed by atoms with Gasteiger partial charge in [-0.3, -0.25) is 9.59 Å². The molecule has 0 saturated heterocycles. The third-order valence-corrected chi connectivity index (χ3v) is 2.29. The lowest BCUT2D eigenvalue weighted by atomic mass is 9.96. The van der Waals surface area contributed by atoms with E-state index in [1.54, 1.807) is 6.07 Å². The van der Waals surface area contributed by atoms with Crippen LogP contribution in [0.4, 0.5) is 0 Å². The van der Waals surface area contributed by atoms with E-state index >= 15 is 0 Å². The fourth-order valence-corrected chi connectivity index (χ4v) is 1.46. The minimum Gasteiger partial charge on any atom is -0.298 e. The molecule has 0 aliphatic heterocycles. The molecule has 1 rings (SSSR count). The van der Waals surface area contributed by atoms with Gasteiger partial charge in [-0.15, -0.1) is 0 Å². The van der Waals surface area contributed by atoms with E-state index in [9.17, 15) is 9.59 Å². The summed E-state index contributed by atoms with van der Waals surface area (Å²) >= 11 is 0. The summed E-state index contributed by atoms with van der Waals surface area (Å²) in [7, 11) is 0. The SMILES string of the molecule is CCc1cc(C#N)c(C(C)=O)cc1C=O. The standard InChI is InChI=1S/C12H11NO2/c1-3-9-4-10(6-13)12(8(2)15)5-11(9)7-14/h4-5,7H,3H2,1-2H3. The molecule has 0 aromatic heterocycles. The van der Waals surface area contributed by atoms with Crippen LogP contribution in [0.2, 0.25) is 0 Å². The Morgan fingerprint density at radius 2 is 2.20 bits per heavy atom. The van der Waals surface area contributed by atoms with E-state index in [1.807, 2.05) is 13.0 Å². The van der Waals surface area contributed by atoms with Crippen LogP contribution in [-0.4, -0.2) is 12.1 Å². The van der Waals surface area contributed by atoms with E-state index in [0.29, 0.717) is 29.4 Å². The molecule has 0 spiro atoms. The Morgan fingerprint density at radius 3 is 2.60 bits per heavy atom.